The first-order chi connectivity index (χ1) is 15.2. The Morgan fingerprint density at radius 1 is 1.00 bits per heavy atom. The quantitative estimate of drug-likeness (QED) is 0.423. The van der Waals surface area contributed by atoms with Gasteiger partial charge in [-0.25, -0.2) is 4.39 Å². The van der Waals surface area contributed by atoms with Crippen molar-refractivity contribution in [1.29, 1.82) is 0 Å². The van der Waals surface area contributed by atoms with Crippen LogP contribution in [0.15, 0.2) is 59.8 Å². The number of carbonyl (C=O) groups is 1. The molecule has 0 spiro atoms. The highest BCUT2D eigenvalue weighted by Crippen LogP contribution is 2.29. The van der Waals surface area contributed by atoms with Crippen molar-refractivity contribution in [3.63, 3.8) is 0 Å². The number of amides is 1. The average Bonchev–Trinajstić information content (AvgIpc) is 3.22. The Balaban J connectivity index is 1.86. The van der Waals surface area contributed by atoms with Gasteiger partial charge in [0.05, 0.1) is 24.5 Å². The number of hydrogen-bond acceptors (Lipinski definition) is 6. The number of hydrogen-bond donors (Lipinski definition) is 0. The molecule has 7 nitrogen and oxygen atoms in total. The van der Waals surface area contributed by atoms with Crippen molar-refractivity contribution >= 4 is 17.7 Å². The summed E-state index contributed by atoms with van der Waals surface area (Å²) in [5, 5.41) is 9.00. The van der Waals surface area contributed by atoms with Crippen molar-refractivity contribution in [3.05, 3.63) is 60.4 Å². The van der Waals surface area contributed by atoms with Crippen molar-refractivity contribution in [2.75, 3.05) is 46.3 Å². The van der Waals surface area contributed by atoms with Gasteiger partial charge in [-0.1, -0.05) is 42.1 Å². The van der Waals surface area contributed by atoms with Crippen LogP contribution in [0.1, 0.15) is 0 Å². The molecular weight excluding hydrogens is 419 g/mol. The molecule has 0 saturated carbocycles. The fourth-order valence-electron chi connectivity index (χ4n) is 2.97. The highest BCUT2D eigenvalue weighted by atomic mass is 32.2. The van der Waals surface area contributed by atoms with Gasteiger partial charge in [0, 0.05) is 33.0 Å². The van der Waals surface area contributed by atoms with E-state index in [-0.39, 0.29) is 17.5 Å². The fourth-order valence-corrected chi connectivity index (χ4v) is 3.83. The molecule has 31 heavy (non-hydrogen) atoms. The van der Waals surface area contributed by atoms with Crippen molar-refractivity contribution in [2.24, 2.45) is 0 Å². The molecule has 9 heteroatoms. The van der Waals surface area contributed by atoms with Crippen LogP contribution in [0.5, 0.6) is 0 Å². The third kappa shape index (κ3) is 5.90. The topological polar surface area (TPSA) is 69.5 Å². The maximum atomic E-state index is 14.5. The number of thioether (sulfide) groups is 1. The summed E-state index contributed by atoms with van der Waals surface area (Å²) in [7, 11) is 3.20. The number of aromatic nitrogens is 3. The minimum Gasteiger partial charge on any atom is -0.383 e. The van der Waals surface area contributed by atoms with Gasteiger partial charge in [-0.3, -0.25) is 9.36 Å². The van der Waals surface area contributed by atoms with Crippen molar-refractivity contribution in [2.45, 2.75) is 5.16 Å². The van der Waals surface area contributed by atoms with Crippen LogP contribution in [0.25, 0.3) is 17.1 Å². The van der Waals surface area contributed by atoms with E-state index in [1.807, 2.05) is 30.3 Å². The number of halogens is 1. The van der Waals surface area contributed by atoms with E-state index >= 15 is 0 Å². The van der Waals surface area contributed by atoms with Crippen molar-refractivity contribution in [3.8, 4) is 17.1 Å². The van der Waals surface area contributed by atoms with Gasteiger partial charge in [-0.2, -0.15) is 0 Å². The van der Waals surface area contributed by atoms with Crippen LogP contribution in [0.4, 0.5) is 4.39 Å². The van der Waals surface area contributed by atoms with E-state index in [0.29, 0.717) is 42.8 Å². The van der Waals surface area contributed by atoms with E-state index in [4.69, 9.17) is 9.47 Å². The number of rotatable bonds is 11. The standard InChI is InChI=1S/C22H25FN4O3S/c1-29-14-12-26(13-15-30-2)20(28)16-31-22-25-24-21(18-10-6-7-11-19(18)23)27(22)17-8-4-3-5-9-17/h3-11H,12-16H2,1-2H3. The third-order valence-electron chi connectivity index (χ3n) is 4.57. The average molecular weight is 445 g/mol. The Kier molecular flexibility index (Phi) is 8.57. The van der Waals surface area contributed by atoms with Gasteiger partial charge in [0.25, 0.3) is 0 Å². The minimum absolute atomic E-state index is 0.0610. The van der Waals surface area contributed by atoms with Gasteiger partial charge < -0.3 is 14.4 Å². The minimum atomic E-state index is -0.384. The molecule has 0 bridgehead atoms. The first-order valence-electron chi connectivity index (χ1n) is 9.80. The zero-order valence-corrected chi connectivity index (χ0v) is 18.3. The van der Waals surface area contributed by atoms with Crippen molar-refractivity contribution in [1.82, 2.24) is 19.7 Å². The number of para-hydroxylation sites is 1. The largest absolute Gasteiger partial charge is 0.383 e. The monoisotopic (exact) mass is 444 g/mol. The number of ether oxygens (including phenoxy) is 2. The number of methoxy groups -OCH3 is 2. The Morgan fingerprint density at radius 2 is 1.65 bits per heavy atom. The van der Waals surface area contributed by atoms with Crippen LogP contribution in [0.2, 0.25) is 0 Å². The lowest BCUT2D eigenvalue weighted by Gasteiger charge is -2.21. The highest BCUT2D eigenvalue weighted by Gasteiger charge is 2.21. The van der Waals surface area contributed by atoms with Crippen LogP contribution >= 0.6 is 11.8 Å². The SMILES string of the molecule is COCCN(CCOC)C(=O)CSc1nnc(-c2ccccc2F)n1-c1ccccc1. The first-order valence-corrected chi connectivity index (χ1v) is 10.8. The fraction of sp³-hybridized carbons (Fsp3) is 0.318. The molecule has 1 heterocycles. The smallest absolute Gasteiger partial charge is 0.233 e. The summed E-state index contributed by atoms with van der Waals surface area (Å²) in [6.45, 7) is 1.84. The second-order valence-electron chi connectivity index (χ2n) is 6.61. The van der Waals surface area contributed by atoms with E-state index in [1.54, 1.807) is 41.9 Å². The summed E-state index contributed by atoms with van der Waals surface area (Å²) in [4.78, 5) is 14.5. The second kappa shape index (κ2) is 11.6. The lowest BCUT2D eigenvalue weighted by atomic mass is 10.2. The number of benzene rings is 2. The normalized spacial score (nSPS) is 10.9. The van der Waals surface area contributed by atoms with E-state index in [2.05, 4.69) is 10.2 Å². The van der Waals surface area contributed by atoms with Crippen LogP contribution < -0.4 is 0 Å². The number of carbonyl (C=O) groups excluding carboxylic acids is 1. The molecule has 0 aliphatic carbocycles. The van der Waals surface area contributed by atoms with E-state index in [9.17, 15) is 9.18 Å². The predicted molar refractivity (Wildman–Crippen MR) is 118 cm³/mol. The third-order valence-corrected chi connectivity index (χ3v) is 5.48. The highest BCUT2D eigenvalue weighted by molar-refractivity contribution is 7.99. The molecule has 2 aromatic carbocycles. The first kappa shape index (κ1) is 22.9. The molecule has 1 amide bonds. The molecule has 0 atom stereocenters. The van der Waals surface area contributed by atoms with Crippen LogP contribution in [-0.2, 0) is 14.3 Å². The molecule has 1 aromatic heterocycles. The summed E-state index contributed by atoms with van der Waals surface area (Å²) in [5.74, 6) is 0.101. The molecule has 3 aromatic rings. The maximum Gasteiger partial charge on any atom is 0.233 e. The van der Waals surface area contributed by atoms with Crippen LogP contribution in [0, 0.1) is 5.82 Å². The lowest BCUT2D eigenvalue weighted by molar-refractivity contribution is -0.129. The molecule has 164 valence electrons. The summed E-state index contributed by atoms with van der Waals surface area (Å²) >= 11 is 1.26. The molecule has 0 aliphatic heterocycles. The Bertz CT molecular complexity index is 976. The molecular formula is C22H25FN4O3S. The Labute approximate surface area is 185 Å². The van der Waals surface area contributed by atoms with Gasteiger partial charge in [-0.05, 0) is 24.3 Å². The van der Waals surface area contributed by atoms with Crippen LogP contribution in [-0.4, -0.2) is 71.8 Å². The van der Waals surface area contributed by atoms with E-state index < -0.39 is 0 Å². The summed E-state index contributed by atoms with van der Waals surface area (Å²) in [6.07, 6.45) is 0. The molecule has 0 radical (unpaired) electrons. The molecule has 0 fully saturated rings. The molecule has 0 saturated heterocycles. The molecule has 0 N–H and O–H groups in total. The lowest BCUT2D eigenvalue weighted by Crippen LogP contribution is -2.37. The summed E-state index contributed by atoms with van der Waals surface area (Å²) < 4.78 is 26.4. The Morgan fingerprint density at radius 3 is 2.29 bits per heavy atom. The molecule has 3 rings (SSSR count). The van der Waals surface area contributed by atoms with Crippen LogP contribution in [0.3, 0.4) is 0 Å². The van der Waals surface area contributed by atoms with Gasteiger partial charge in [0.2, 0.25) is 5.91 Å². The van der Waals surface area contributed by atoms with Gasteiger partial charge in [0.1, 0.15) is 5.82 Å². The predicted octanol–water partition coefficient (Wildman–Crippen LogP) is 3.29. The van der Waals surface area contributed by atoms with E-state index in [1.165, 1.54) is 17.8 Å². The van der Waals surface area contributed by atoms with Crippen molar-refractivity contribution < 1.29 is 18.7 Å². The molecule has 0 unspecified atom stereocenters. The van der Waals surface area contributed by atoms with E-state index in [0.717, 1.165) is 5.69 Å². The summed E-state index contributed by atoms with van der Waals surface area (Å²) in [6, 6.07) is 15.9. The zero-order chi connectivity index (χ0) is 22.1. The Hall–Kier alpha value is -2.75. The molecule has 0 aliphatic rings. The maximum absolute atomic E-state index is 14.5. The van der Waals surface area contributed by atoms with Gasteiger partial charge in [-0.15, -0.1) is 10.2 Å². The van der Waals surface area contributed by atoms with Gasteiger partial charge >= 0.3 is 0 Å². The summed E-state index contributed by atoms with van der Waals surface area (Å²) in [5.41, 5.74) is 1.13. The van der Waals surface area contributed by atoms with Gasteiger partial charge in [0.15, 0.2) is 11.0 Å². The number of nitrogens with zero attached hydrogens (tertiary/aromatic N) is 4. The second-order valence-corrected chi connectivity index (χ2v) is 7.55. The zero-order valence-electron chi connectivity index (χ0n) is 17.5.